The van der Waals surface area contributed by atoms with Crippen molar-refractivity contribution >= 4 is 42.3 Å². The number of piperazine rings is 1. The molecular formula is C20H32Cl2N4O2. The van der Waals surface area contributed by atoms with Crippen LogP contribution in [-0.2, 0) is 16.0 Å². The summed E-state index contributed by atoms with van der Waals surface area (Å²) in [6.07, 6.45) is 4.57. The summed E-state index contributed by atoms with van der Waals surface area (Å²) in [6, 6.07) is 7.89. The van der Waals surface area contributed by atoms with Crippen LogP contribution in [-0.4, -0.2) is 59.9 Å². The average molecular weight is 431 g/mol. The largest absolute Gasteiger partial charge is 0.339 e. The molecule has 1 heterocycles. The number of aryl methyl sites for hydroxylation is 1. The van der Waals surface area contributed by atoms with Gasteiger partial charge < -0.3 is 16.0 Å². The van der Waals surface area contributed by atoms with Gasteiger partial charge in [-0.2, -0.15) is 0 Å². The molecular weight excluding hydrogens is 399 g/mol. The minimum atomic E-state index is -0.649. The van der Waals surface area contributed by atoms with Crippen molar-refractivity contribution in [3.8, 4) is 0 Å². The molecule has 28 heavy (non-hydrogen) atoms. The van der Waals surface area contributed by atoms with E-state index in [1.54, 1.807) is 0 Å². The van der Waals surface area contributed by atoms with E-state index in [9.17, 15) is 9.59 Å². The van der Waals surface area contributed by atoms with Crippen LogP contribution < -0.4 is 11.1 Å². The lowest BCUT2D eigenvalue weighted by Crippen LogP contribution is -2.58. The fourth-order valence-electron chi connectivity index (χ4n) is 3.99. The fraction of sp³-hybridized carbons (Fsp3) is 0.600. The van der Waals surface area contributed by atoms with Crippen molar-refractivity contribution < 1.29 is 9.59 Å². The molecule has 8 heteroatoms. The third-order valence-corrected chi connectivity index (χ3v) is 5.62. The van der Waals surface area contributed by atoms with Gasteiger partial charge in [0.25, 0.3) is 0 Å². The number of rotatable bonds is 5. The normalized spacial score (nSPS) is 18.7. The van der Waals surface area contributed by atoms with Gasteiger partial charge in [-0.15, -0.1) is 24.8 Å². The quantitative estimate of drug-likeness (QED) is 0.751. The van der Waals surface area contributed by atoms with E-state index in [2.05, 4.69) is 17.1 Å². The van der Waals surface area contributed by atoms with E-state index in [-0.39, 0.29) is 36.6 Å². The summed E-state index contributed by atoms with van der Waals surface area (Å²) >= 11 is 0. The Morgan fingerprint density at radius 1 is 1.07 bits per heavy atom. The lowest BCUT2D eigenvalue weighted by Gasteiger charge is -2.38. The second-order valence-corrected chi connectivity index (χ2v) is 7.49. The zero-order valence-corrected chi connectivity index (χ0v) is 18.1. The SMILES string of the molecule is CCc1ccccc1NC(=O)CN1CCN(C(=O)C2(N)CCCC2)CC1.Cl.Cl. The number of carbonyl (C=O) groups excluding carboxylic acids is 2. The molecule has 0 atom stereocenters. The molecule has 1 saturated carbocycles. The lowest BCUT2D eigenvalue weighted by atomic mass is 9.97. The summed E-state index contributed by atoms with van der Waals surface area (Å²) in [5.74, 6) is 0.0905. The molecule has 1 aliphatic heterocycles. The monoisotopic (exact) mass is 430 g/mol. The van der Waals surface area contributed by atoms with Crippen molar-refractivity contribution in [2.45, 2.75) is 44.6 Å². The molecule has 1 aliphatic carbocycles. The molecule has 2 amide bonds. The van der Waals surface area contributed by atoms with Crippen LogP contribution in [0.15, 0.2) is 24.3 Å². The molecule has 0 radical (unpaired) electrons. The summed E-state index contributed by atoms with van der Waals surface area (Å²) in [7, 11) is 0. The maximum atomic E-state index is 12.7. The number of benzene rings is 1. The summed E-state index contributed by atoms with van der Waals surface area (Å²) in [4.78, 5) is 29.0. The summed E-state index contributed by atoms with van der Waals surface area (Å²) in [5.41, 5.74) is 7.67. The van der Waals surface area contributed by atoms with E-state index < -0.39 is 5.54 Å². The first kappa shape index (κ1) is 24.7. The lowest BCUT2D eigenvalue weighted by molar-refractivity contribution is -0.138. The van der Waals surface area contributed by atoms with Crippen molar-refractivity contribution in [3.63, 3.8) is 0 Å². The molecule has 158 valence electrons. The Hall–Kier alpha value is -1.34. The zero-order chi connectivity index (χ0) is 18.6. The molecule has 1 saturated heterocycles. The third kappa shape index (κ3) is 5.83. The van der Waals surface area contributed by atoms with E-state index in [0.29, 0.717) is 32.7 Å². The highest BCUT2D eigenvalue weighted by atomic mass is 35.5. The van der Waals surface area contributed by atoms with Gasteiger partial charge in [-0.05, 0) is 30.9 Å². The first-order chi connectivity index (χ1) is 12.5. The smallest absolute Gasteiger partial charge is 0.242 e. The van der Waals surface area contributed by atoms with Crippen LogP contribution >= 0.6 is 24.8 Å². The van der Waals surface area contributed by atoms with E-state index in [1.165, 1.54) is 0 Å². The second kappa shape index (κ2) is 11.0. The highest BCUT2D eigenvalue weighted by Gasteiger charge is 2.40. The van der Waals surface area contributed by atoms with Gasteiger partial charge in [0, 0.05) is 31.9 Å². The third-order valence-electron chi connectivity index (χ3n) is 5.62. The van der Waals surface area contributed by atoms with E-state index in [4.69, 9.17) is 5.73 Å². The molecule has 0 aromatic heterocycles. The molecule has 0 bridgehead atoms. The number of nitrogens with zero attached hydrogens (tertiary/aromatic N) is 2. The number of nitrogens with two attached hydrogens (primary N) is 1. The number of para-hydroxylation sites is 1. The highest BCUT2D eigenvalue weighted by molar-refractivity contribution is 5.93. The molecule has 3 rings (SSSR count). The Morgan fingerprint density at radius 3 is 2.29 bits per heavy atom. The first-order valence-corrected chi connectivity index (χ1v) is 9.70. The molecule has 6 nitrogen and oxygen atoms in total. The van der Waals surface area contributed by atoms with Gasteiger partial charge in [0.05, 0.1) is 12.1 Å². The van der Waals surface area contributed by atoms with Crippen LogP contribution in [0.4, 0.5) is 5.69 Å². The Labute approximate surface area is 180 Å². The van der Waals surface area contributed by atoms with Gasteiger partial charge in [0.2, 0.25) is 11.8 Å². The van der Waals surface area contributed by atoms with Crippen molar-refractivity contribution in [3.05, 3.63) is 29.8 Å². The first-order valence-electron chi connectivity index (χ1n) is 9.70. The maximum Gasteiger partial charge on any atom is 0.242 e. The van der Waals surface area contributed by atoms with Gasteiger partial charge in [-0.1, -0.05) is 38.0 Å². The van der Waals surface area contributed by atoms with Crippen molar-refractivity contribution in [1.29, 1.82) is 0 Å². The van der Waals surface area contributed by atoms with Crippen molar-refractivity contribution in [1.82, 2.24) is 9.80 Å². The fourth-order valence-corrected chi connectivity index (χ4v) is 3.99. The standard InChI is InChI=1S/C20H30N4O2.2ClH/c1-2-16-7-3-4-8-17(16)22-18(25)15-23-11-13-24(14-12-23)19(26)20(21)9-5-6-10-20;;/h3-4,7-8H,2,5-6,9-15,21H2,1H3,(H,22,25);2*1H. The van der Waals surface area contributed by atoms with E-state index in [0.717, 1.165) is 43.4 Å². The van der Waals surface area contributed by atoms with Gasteiger partial charge >= 0.3 is 0 Å². The van der Waals surface area contributed by atoms with Gasteiger partial charge in [-0.25, -0.2) is 0 Å². The van der Waals surface area contributed by atoms with Crippen LogP contribution in [0, 0.1) is 0 Å². The average Bonchev–Trinajstić information content (AvgIpc) is 3.10. The number of nitrogens with one attached hydrogen (secondary N) is 1. The Bertz CT molecular complexity index is 657. The Kier molecular flexibility index (Phi) is 9.70. The Balaban J connectivity index is 0.00000196. The number of halogens is 2. The predicted octanol–water partition coefficient (Wildman–Crippen LogP) is 2.45. The molecule has 3 N–H and O–H groups in total. The van der Waals surface area contributed by atoms with E-state index in [1.807, 2.05) is 29.2 Å². The second-order valence-electron chi connectivity index (χ2n) is 7.49. The van der Waals surface area contributed by atoms with Gasteiger partial charge in [0.1, 0.15) is 0 Å². The summed E-state index contributed by atoms with van der Waals surface area (Å²) in [6.45, 7) is 5.16. The molecule has 1 aromatic rings. The summed E-state index contributed by atoms with van der Waals surface area (Å²) < 4.78 is 0. The summed E-state index contributed by atoms with van der Waals surface area (Å²) in [5, 5.41) is 3.01. The van der Waals surface area contributed by atoms with Crippen LogP contribution in [0.1, 0.15) is 38.2 Å². The van der Waals surface area contributed by atoms with Crippen LogP contribution in [0.25, 0.3) is 0 Å². The van der Waals surface area contributed by atoms with Crippen LogP contribution in [0.3, 0.4) is 0 Å². The molecule has 0 spiro atoms. The number of amides is 2. The van der Waals surface area contributed by atoms with Gasteiger partial charge in [0.15, 0.2) is 0 Å². The van der Waals surface area contributed by atoms with E-state index >= 15 is 0 Å². The molecule has 1 aromatic carbocycles. The number of carbonyl (C=O) groups is 2. The van der Waals surface area contributed by atoms with Gasteiger partial charge in [-0.3, -0.25) is 14.5 Å². The molecule has 0 unspecified atom stereocenters. The predicted molar refractivity (Wildman–Crippen MR) is 117 cm³/mol. The number of anilines is 1. The molecule has 2 aliphatic rings. The van der Waals surface area contributed by atoms with Crippen LogP contribution in [0.2, 0.25) is 0 Å². The Morgan fingerprint density at radius 2 is 1.68 bits per heavy atom. The number of hydrogen-bond donors (Lipinski definition) is 2. The van der Waals surface area contributed by atoms with Crippen LogP contribution in [0.5, 0.6) is 0 Å². The zero-order valence-electron chi connectivity index (χ0n) is 16.5. The van der Waals surface area contributed by atoms with Crippen molar-refractivity contribution in [2.75, 3.05) is 38.0 Å². The highest BCUT2D eigenvalue weighted by Crippen LogP contribution is 2.29. The minimum absolute atomic E-state index is 0. The minimum Gasteiger partial charge on any atom is -0.339 e. The maximum absolute atomic E-state index is 12.7. The van der Waals surface area contributed by atoms with Crippen molar-refractivity contribution in [2.24, 2.45) is 5.73 Å². The topological polar surface area (TPSA) is 78.7 Å². The number of hydrogen-bond acceptors (Lipinski definition) is 4. The molecule has 2 fully saturated rings.